The summed E-state index contributed by atoms with van der Waals surface area (Å²) >= 11 is 0. The molecule has 1 heterocycles. The van der Waals surface area contributed by atoms with Crippen molar-refractivity contribution in [3.05, 3.63) is 0 Å². The largest absolute Gasteiger partial charge is 0.458 e. The summed E-state index contributed by atoms with van der Waals surface area (Å²) in [7, 11) is 0. The SMILES string of the molecule is CC.CC(=O)OCC(=O)C1CCC2C(CC3OCC4(C)CCC(O)CC34)C(C)CCC12C. The maximum absolute atomic E-state index is 12.9. The first kappa shape index (κ1) is 25.7. The average molecular weight is 451 g/mol. The molecule has 9 unspecified atom stereocenters. The van der Waals surface area contributed by atoms with E-state index in [4.69, 9.17) is 9.47 Å². The maximum Gasteiger partial charge on any atom is 0.303 e. The van der Waals surface area contributed by atoms with E-state index < -0.39 is 0 Å². The maximum atomic E-state index is 12.9. The van der Waals surface area contributed by atoms with Crippen LogP contribution in [-0.4, -0.2) is 42.3 Å². The van der Waals surface area contributed by atoms with Crippen molar-refractivity contribution in [2.24, 2.45) is 40.4 Å². The van der Waals surface area contributed by atoms with E-state index >= 15 is 0 Å². The zero-order valence-corrected chi connectivity index (χ0v) is 21.2. The molecule has 4 rings (SSSR count). The van der Waals surface area contributed by atoms with Gasteiger partial charge in [-0.3, -0.25) is 9.59 Å². The zero-order valence-electron chi connectivity index (χ0n) is 21.2. The number of fused-ring (bicyclic) bond motifs is 2. The molecule has 184 valence electrons. The number of hydrogen-bond acceptors (Lipinski definition) is 5. The van der Waals surface area contributed by atoms with Crippen molar-refractivity contribution < 1.29 is 24.2 Å². The van der Waals surface area contributed by atoms with Gasteiger partial charge >= 0.3 is 5.97 Å². The Kier molecular flexibility index (Phi) is 8.13. The van der Waals surface area contributed by atoms with Crippen molar-refractivity contribution >= 4 is 11.8 Å². The lowest BCUT2D eigenvalue weighted by atomic mass is 9.56. The van der Waals surface area contributed by atoms with Crippen molar-refractivity contribution in [3.8, 4) is 0 Å². The molecule has 3 aliphatic carbocycles. The summed E-state index contributed by atoms with van der Waals surface area (Å²) in [5, 5.41) is 10.3. The third-order valence-electron chi connectivity index (χ3n) is 9.65. The fourth-order valence-corrected chi connectivity index (χ4v) is 7.75. The van der Waals surface area contributed by atoms with Gasteiger partial charge in [0.1, 0.15) is 6.61 Å². The van der Waals surface area contributed by atoms with Gasteiger partial charge in [0.05, 0.1) is 18.8 Å². The highest BCUT2D eigenvalue weighted by atomic mass is 16.5. The van der Waals surface area contributed by atoms with Crippen LogP contribution < -0.4 is 0 Å². The van der Waals surface area contributed by atoms with Crippen LogP contribution in [0.15, 0.2) is 0 Å². The number of ketones is 1. The highest BCUT2D eigenvalue weighted by Gasteiger charge is 2.57. The number of aliphatic hydroxyl groups is 1. The Morgan fingerprint density at radius 1 is 1.06 bits per heavy atom. The van der Waals surface area contributed by atoms with Crippen LogP contribution in [0.2, 0.25) is 0 Å². The number of aliphatic hydroxyl groups excluding tert-OH is 1. The van der Waals surface area contributed by atoms with E-state index in [2.05, 4.69) is 20.8 Å². The van der Waals surface area contributed by atoms with Gasteiger partial charge in [0, 0.05) is 12.8 Å². The molecule has 5 nitrogen and oxygen atoms in total. The molecule has 4 fully saturated rings. The van der Waals surface area contributed by atoms with Crippen LogP contribution in [0.5, 0.6) is 0 Å². The molecule has 4 aliphatic rings. The van der Waals surface area contributed by atoms with Crippen molar-refractivity contribution in [1.82, 2.24) is 0 Å². The van der Waals surface area contributed by atoms with Gasteiger partial charge in [-0.2, -0.15) is 0 Å². The molecule has 3 saturated carbocycles. The highest BCUT2D eigenvalue weighted by Crippen LogP contribution is 2.61. The van der Waals surface area contributed by atoms with E-state index in [0.717, 1.165) is 58.0 Å². The van der Waals surface area contributed by atoms with Crippen LogP contribution in [0, 0.1) is 40.4 Å². The van der Waals surface area contributed by atoms with Gasteiger partial charge in [0.25, 0.3) is 0 Å². The minimum atomic E-state index is -0.380. The molecule has 9 atom stereocenters. The zero-order chi connectivity index (χ0) is 23.7. The second-order valence-electron chi connectivity index (χ2n) is 11.4. The van der Waals surface area contributed by atoms with Crippen LogP contribution in [0.3, 0.4) is 0 Å². The Balaban J connectivity index is 0.00000141. The topological polar surface area (TPSA) is 72.8 Å². The molecule has 1 aliphatic heterocycles. The fraction of sp³-hybridized carbons (Fsp3) is 0.926. The van der Waals surface area contributed by atoms with Gasteiger partial charge in [-0.05, 0) is 85.9 Å². The summed E-state index contributed by atoms with van der Waals surface area (Å²) in [6.07, 6.45) is 8.15. The van der Waals surface area contributed by atoms with Gasteiger partial charge in [-0.1, -0.05) is 34.6 Å². The summed E-state index contributed by atoms with van der Waals surface area (Å²) in [4.78, 5) is 24.1. The molecular weight excluding hydrogens is 404 g/mol. The number of carbonyl (C=O) groups is 2. The van der Waals surface area contributed by atoms with E-state index in [9.17, 15) is 14.7 Å². The molecular formula is C27H46O5. The second kappa shape index (κ2) is 10.1. The average Bonchev–Trinajstić information content (AvgIpc) is 3.28. The number of rotatable bonds is 5. The number of hydrogen-bond donors (Lipinski definition) is 1. The first-order chi connectivity index (χ1) is 15.1. The lowest BCUT2D eigenvalue weighted by Crippen LogP contribution is -2.45. The van der Waals surface area contributed by atoms with Crippen LogP contribution >= 0.6 is 0 Å². The number of esters is 1. The third-order valence-corrected chi connectivity index (χ3v) is 9.65. The van der Waals surface area contributed by atoms with Gasteiger partial charge < -0.3 is 14.6 Å². The highest BCUT2D eigenvalue weighted by molar-refractivity contribution is 5.85. The third kappa shape index (κ3) is 4.80. The van der Waals surface area contributed by atoms with Gasteiger partial charge in [0.15, 0.2) is 5.78 Å². The quantitative estimate of drug-likeness (QED) is 0.584. The Morgan fingerprint density at radius 2 is 1.78 bits per heavy atom. The van der Waals surface area contributed by atoms with Crippen LogP contribution in [0.25, 0.3) is 0 Å². The predicted molar refractivity (Wildman–Crippen MR) is 125 cm³/mol. The monoisotopic (exact) mass is 450 g/mol. The van der Waals surface area contributed by atoms with Crippen LogP contribution in [0.4, 0.5) is 0 Å². The fourth-order valence-electron chi connectivity index (χ4n) is 7.75. The lowest BCUT2D eigenvalue weighted by Gasteiger charge is -2.49. The standard InChI is InChI=1S/C25H40O5.C2H6/c1-15-7-10-25(4)19(5-6-20(25)22(28)13-29-16(2)26)18(15)12-23-21-11-17(27)8-9-24(21,3)14-30-23;1-2/h15,17-21,23,27H,5-14H2,1-4H3;1-2H3. The lowest BCUT2D eigenvalue weighted by molar-refractivity contribution is -0.148. The molecule has 5 heteroatoms. The molecule has 0 radical (unpaired) electrons. The minimum absolute atomic E-state index is 0.00238. The van der Waals surface area contributed by atoms with E-state index in [-0.39, 0.29) is 47.3 Å². The van der Waals surface area contributed by atoms with E-state index in [1.54, 1.807) is 0 Å². The first-order valence-electron chi connectivity index (χ1n) is 13.1. The summed E-state index contributed by atoms with van der Waals surface area (Å²) < 4.78 is 11.4. The van der Waals surface area contributed by atoms with Crippen molar-refractivity contribution in [3.63, 3.8) is 0 Å². The van der Waals surface area contributed by atoms with Gasteiger partial charge in [-0.15, -0.1) is 0 Å². The normalized spacial score (nSPS) is 45.3. The second-order valence-corrected chi connectivity index (χ2v) is 11.4. The molecule has 0 spiro atoms. The van der Waals surface area contributed by atoms with Crippen molar-refractivity contribution in [1.29, 1.82) is 0 Å². The molecule has 0 aromatic rings. The summed E-state index contributed by atoms with van der Waals surface area (Å²) in [5.74, 6) is 1.89. The Hall–Kier alpha value is -0.940. The number of Topliss-reactive ketones (excluding diaryl/α,β-unsaturated/α-hetero) is 1. The smallest absolute Gasteiger partial charge is 0.303 e. The first-order valence-corrected chi connectivity index (χ1v) is 13.1. The number of carbonyl (C=O) groups excluding carboxylic acids is 2. The van der Waals surface area contributed by atoms with Gasteiger partial charge in [0.2, 0.25) is 0 Å². The minimum Gasteiger partial charge on any atom is -0.458 e. The summed E-state index contributed by atoms with van der Waals surface area (Å²) in [6, 6.07) is 0. The van der Waals surface area contributed by atoms with Crippen molar-refractivity contribution in [2.45, 2.75) is 105 Å². The predicted octanol–water partition coefficient (Wildman–Crippen LogP) is 5.18. The summed E-state index contributed by atoms with van der Waals surface area (Å²) in [6.45, 7) is 13.1. The molecule has 0 aromatic carbocycles. The Morgan fingerprint density at radius 3 is 2.47 bits per heavy atom. The summed E-state index contributed by atoms with van der Waals surface area (Å²) in [5.41, 5.74) is 0.214. The van der Waals surface area contributed by atoms with Crippen molar-refractivity contribution in [2.75, 3.05) is 13.2 Å². The molecule has 1 saturated heterocycles. The molecule has 0 bridgehead atoms. The van der Waals surface area contributed by atoms with Gasteiger partial charge in [-0.25, -0.2) is 0 Å². The van der Waals surface area contributed by atoms with Crippen LogP contribution in [-0.2, 0) is 19.1 Å². The number of ether oxygens (including phenoxy) is 2. The van der Waals surface area contributed by atoms with E-state index in [0.29, 0.717) is 23.7 Å². The van der Waals surface area contributed by atoms with E-state index in [1.807, 2.05) is 13.8 Å². The van der Waals surface area contributed by atoms with Crippen LogP contribution in [0.1, 0.15) is 92.9 Å². The Labute approximate surface area is 195 Å². The van der Waals surface area contributed by atoms with E-state index in [1.165, 1.54) is 6.92 Å². The molecule has 0 aromatic heterocycles. The molecule has 1 N–H and O–H groups in total. The molecule has 32 heavy (non-hydrogen) atoms. The Bertz CT molecular complexity index is 677. The molecule has 0 amide bonds.